The molecular formula is C22H17Cl2F5N8O2. The number of hydrogen-bond donors (Lipinski definition) is 1. The van der Waals surface area contributed by atoms with Gasteiger partial charge in [0.05, 0.1) is 11.6 Å². The molecule has 17 heteroatoms. The Kier molecular flexibility index (Phi) is 7.75. The minimum absolute atomic E-state index is 0.0393. The summed E-state index contributed by atoms with van der Waals surface area (Å²) in [6.07, 6.45) is -2.44. The van der Waals surface area contributed by atoms with Crippen LogP contribution in [0.1, 0.15) is 12.7 Å². The van der Waals surface area contributed by atoms with Crippen LogP contribution in [-0.4, -0.2) is 58.1 Å². The highest BCUT2D eigenvalue weighted by Gasteiger charge is 2.45. The molecule has 4 aromatic rings. The minimum atomic E-state index is -5.18. The molecule has 0 radical (unpaired) electrons. The molecule has 10 nitrogen and oxygen atoms in total. The van der Waals surface area contributed by atoms with E-state index in [1.54, 1.807) is 12.1 Å². The van der Waals surface area contributed by atoms with Crippen molar-refractivity contribution in [2.24, 2.45) is 0 Å². The van der Waals surface area contributed by atoms with E-state index in [-0.39, 0.29) is 41.5 Å². The van der Waals surface area contributed by atoms with Crippen LogP contribution in [0.4, 0.5) is 22.0 Å². The molecule has 206 valence electrons. The van der Waals surface area contributed by atoms with Crippen molar-refractivity contribution in [3.8, 4) is 17.2 Å². The van der Waals surface area contributed by atoms with E-state index in [1.807, 2.05) is 0 Å². The molecule has 0 fully saturated rings. The smallest absolute Gasteiger partial charge is 0.338 e. The third-order valence-corrected chi connectivity index (χ3v) is 5.82. The predicted molar refractivity (Wildman–Crippen MR) is 129 cm³/mol. The Morgan fingerprint density at radius 2 is 1.74 bits per heavy atom. The van der Waals surface area contributed by atoms with Gasteiger partial charge in [0.2, 0.25) is 0 Å². The van der Waals surface area contributed by atoms with E-state index in [0.29, 0.717) is 9.59 Å². The maximum absolute atomic E-state index is 13.8. The van der Waals surface area contributed by atoms with Crippen molar-refractivity contribution >= 4 is 29.1 Å². The monoisotopic (exact) mass is 590 g/mol. The number of aromatic nitrogens is 7. The Balaban J connectivity index is 1.73. The Hall–Kier alpha value is -3.85. The normalized spacial score (nSPS) is 12.9. The van der Waals surface area contributed by atoms with Gasteiger partial charge in [0, 0.05) is 23.7 Å². The van der Waals surface area contributed by atoms with Gasteiger partial charge in [-0.05, 0) is 36.4 Å². The summed E-state index contributed by atoms with van der Waals surface area (Å²) in [6.45, 7) is -1.46. The number of rotatable bonds is 8. The van der Waals surface area contributed by atoms with Crippen LogP contribution in [0.2, 0.25) is 10.0 Å². The first-order valence-electron chi connectivity index (χ1n) is 10.9. The molecule has 1 amide bonds. The van der Waals surface area contributed by atoms with Gasteiger partial charge in [0.1, 0.15) is 18.9 Å². The van der Waals surface area contributed by atoms with Crippen molar-refractivity contribution < 1.29 is 26.7 Å². The average molecular weight is 591 g/mol. The van der Waals surface area contributed by atoms with Gasteiger partial charge in [0.15, 0.2) is 17.5 Å². The Morgan fingerprint density at radius 1 is 1.05 bits per heavy atom. The van der Waals surface area contributed by atoms with Crippen LogP contribution >= 0.6 is 23.2 Å². The van der Waals surface area contributed by atoms with Crippen molar-refractivity contribution in [3.05, 3.63) is 75.3 Å². The van der Waals surface area contributed by atoms with Gasteiger partial charge in [0.25, 0.3) is 5.91 Å². The molecule has 1 aromatic carbocycles. The van der Waals surface area contributed by atoms with Gasteiger partial charge in [-0.15, -0.1) is 10.2 Å². The Morgan fingerprint density at radius 3 is 2.36 bits per heavy atom. The standard InChI is InChI=1S/C22H17Cl2F5N8O2/c1-21(25,26)19(38)32-15(22(27,28)29)9-35-17(12-4-6-13(23)7-5-12)34-36(20(35)39)10-16-31-11-37(33-16)18-14(24)3-2-8-30-18/h2-8,11,15H,9-10H2,1H3,(H,32,38). The second-order valence-electron chi connectivity index (χ2n) is 8.25. The van der Waals surface area contributed by atoms with Gasteiger partial charge in [-0.25, -0.2) is 24.1 Å². The van der Waals surface area contributed by atoms with E-state index >= 15 is 0 Å². The number of halogens is 7. The zero-order valence-electron chi connectivity index (χ0n) is 19.7. The molecule has 1 atom stereocenters. The molecule has 4 rings (SSSR count). The highest BCUT2D eigenvalue weighted by atomic mass is 35.5. The SMILES string of the molecule is CC(F)(F)C(=O)NC(Cn1c(-c2ccc(Cl)cc2)nn(Cc2ncn(-c3ncccc3Cl)n2)c1=O)C(F)(F)F. The fourth-order valence-electron chi connectivity index (χ4n) is 3.37. The zero-order valence-corrected chi connectivity index (χ0v) is 21.2. The van der Waals surface area contributed by atoms with Crippen molar-refractivity contribution in [1.29, 1.82) is 0 Å². The maximum Gasteiger partial charge on any atom is 0.410 e. The quantitative estimate of drug-likeness (QED) is 0.313. The molecule has 0 spiro atoms. The Bertz CT molecular complexity index is 1540. The van der Waals surface area contributed by atoms with Gasteiger partial charge in [-0.2, -0.15) is 22.0 Å². The minimum Gasteiger partial charge on any atom is -0.338 e. The lowest BCUT2D eigenvalue weighted by molar-refractivity contribution is -0.171. The van der Waals surface area contributed by atoms with Crippen LogP contribution < -0.4 is 11.0 Å². The summed E-state index contributed by atoms with van der Waals surface area (Å²) in [5.41, 5.74) is -0.846. The summed E-state index contributed by atoms with van der Waals surface area (Å²) in [4.78, 5) is 33.0. The fraction of sp³-hybridized carbons (Fsp3) is 0.273. The van der Waals surface area contributed by atoms with Gasteiger partial charge in [-0.1, -0.05) is 23.2 Å². The van der Waals surface area contributed by atoms with E-state index in [2.05, 4.69) is 20.2 Å². The van der Waals surface area contributed by atoms with E-state index in [9.17, 15) is 31.5 Å². The number of amides is 1. The molecule has 3 heterocycles. The van der Waals surface area contributed by atoms with Crippen LogP contribution in [0.15, 0.2) is 53.7 Å². The molecule has 0 aliphatic heterocycles. The largest absolute Gasteiger partial charge is 0.410 e. The van der Waals surface area contributed by atoms with Crippen LogP contribution in [0.5, 0.6) is 0 Å². The molecule has 1 N–H and O–H groups in total. The molecular weight excluding hydrogens is 574 g/mol. The summed E-state index contributed by atoms with van der Waals surface area (Å²) in [5, 5.41) is 10.1. The number of nitrogens with zero attached hydrogens (tertiary/aromatic N) is 7. The number of nitrogens with one attached hydrogen (secondary N) is 1. The van der Waals surface area contributed by atoms with Crippen LogP contribution in [-0.2, 0) is 17.9 Å². The maximum atomic E-state index is 13.8. The predicted octanol–water partition coefficient (Wildman–Crippen LogP) is 3.74. The third-order valence-electron chi connectivity index (χ3n) is 5.28. The molecule has 39 heavy (non-hydrogen) atoms. The second-order valence-corrected chi connectivity index (χ2v) is 9.10. The molecule has 0 aliphatic rings. The number of carbonyl (C=O) groups excluding carboxylic acids is 1. The first-order valence-corrected chi connectivity index (χ1v) is 11.7. The topological polar surface area (TPSA) is 113 Å². The zero-order chi connectivity index (χ0) is 28.5. The first kappa shape index (κ1) is 28.2. The van der Waals surface area contributed by atoms with E-state index in [0.717, 1.165) is 4.68 Å². The molecule has 0 saturated carbocycles. The second kappa shape index (κ2) is 10.7. The summed E-state index contributed by atoms with van der Waals surface area (Å²) in [7, 11) is 0. The van der Waals surface area contributed by atoms with Gasteiger partial charge in [-0.3, -0.25) is 9.36 Å². The molecule has 0 saturated heterocycles. The third kappa shape index (κ3) is 6.42. The van der Waals surface area contributed by atoms with E-state index in [1.165, 1.54) is 46.8 Å². The van der Waals surface area contributed by atoms with Crippen molar-refractivity contribution in [3.63, 3.8) is 0 Å². The van der Waals surface area contributed by atoms with Crippen molar-refractivity contribution in [1.82, 2.24) is 39.4 Å². The van der Waals surface area contributed by atoms with Crippen LogP contribution in [0.25, 0.3) is 17.2 Å². The summed E-state index contributed by atoms with van der Waals surface area (Å²) in [5.74, 6) is -6.19. The molecule has 0 aliphatic carbocycles. The number of pyridine rings is 1. The molecule has 0 bridgehead atoms. The Labute approximate surface area is 226 Å². The van der Waals surface area contributed by atoms with Crippen molar-refractivity contribution in [2.45, 2.75) is 38.2 Å². The van der Waals surface area contributed by atoms with Crippen LogP contribution in [0, 0.1) is 0 Å². The highest BCUT2D eigenvalue weighted by Crippen LogP contribution is 2.25. The average Bonchev–Trinajstić information content (AvgIpc) is 3.43. The first-order chi connectivity index (χ1) is 18.2. The van der Waals surface area contributed by atoms with Gasteiger partial charge < -0.3 is 5.32 Å². The van der Waals surface area contributed by atoms with E-state index in [4.69, 9.17) is 23.2 Å². The fourth-order valence-corrected chi connectivity index (χ4v) is 3.71. The number of hydrogen-bond acceptors (Lipinski definition) is 6. The van der Waals surface area contributed by atoms with Crippen LogP contribution in [0.3, 0.4) is 0 Å². The lowest BCUT2D eigenvalue weighted by Gasteiger charge is -2.23. The highest BCUT2D eigenvalue weighted by molar-refractivity contribution is 6.32. The lowest BCUT2D eigenvalue weighted by atomic mass is 10.2. The lowest BCUT2D eigenvalue weighted by Crippen LogP contribution is -2.53. The number of carbonyl (C=O) groups is 1. The number of alkyl halides is 5. The summed E-state index contributed by atoms with van der Waals surface area (Å²) >= 11 is 12.0. The summed E-state index contributed by atoms with van der Waals surface area (Å²) in [6, 6.07) is 5.99. The molecule has 3 aromatic heterocycles. The summed E-state index contributed by atoms with van der Waals surface area (Å²) < 4.78 is 70.7. The van der Waals surface area contributed by atoms with E-state index < -0.39 is 36.3 Å². The van der Waals surface area contributed by atoms with Gasteiger partial charge >= 0.3 is 17.8 Å². The van der Waals surface area contributed by atoms with Crippen molar-refractivity contribution in [2.75, 3.05) is 0 Å². The molecule has 1 unspecified atom stereocenters. The number of benzene rings is 1.